The van der Waals surface area contributed by atoms with E-state index in [4.69, 9.17) is 0 Å². The Labute approximate surface area is 151 Å². The third-order valence-corrected chi connectivity index (χ3v) is 4.74. The van der Waals surface area contributed by atoms with Crippen molar-refractivity contribution in [2.75, 3.05) is 46.3 Å². The minimum Gasteiger partial charge on any atom is -0.392 e. The molecular formula is C19H32N4O2. The highest BCUT2D eigenvalue weighted by molar-refractivity contribution is 5.73. The van der Waals surface area contributed by atoms with Crippen LogP contribution >= 0.6 is 0 Å². The number of likely N-dealkylation sites (N-methyl/N-ethyl adjacent to an activating group) is 2. The Morgan fingerprint density at radius 1 is 1.20 bits per heavy atom. The lowest BCUT2D eigenvalue weighted by Crippen LogP contribution is -2.45. The van der Waals surface area contributed by atoms with E-state index in [0.717, 1.165) is 44.8 Å². The Morgan fingerprint density at radius 3 is 2.40 bits per heavy atom. The van der Waals surface area contributed by atoms with Gasteiger partial charge in [-0.05, 0) is 24.6 Å². The fourth-order valence-corrected chi connectivity index (χ4v) is 3.17. The van der Waals surface area contributed by atoms with E-state index in [-0.39, 0.29) is 6.03 Å². The van der Waals surface area contributed by atoms with E-state index in [2.05, 4.69) is 40.2 Å². The third kappa shape index (κ3) is 6.30. The summed E-state index contributed by atoms with van der Waals surface area (Å²) in [4.78, 5) is 18.6. The number of benzene rings is 1. The lowest BCUT2D eigenvalue weighted by molar-refractivity contribution is 0.131. The van der Waals surface area contributed by atoms with Crippen LogP contribution in [0.15, 0.2) is 24.3 Å². The minimum atomic E-state index is -0.523. The van der Waals surface area contributed by atoms with Crippen LogP contribution in [0.25, 0.3) is 0 Å². The van der Waals surface area contributed by atoms with E-state index in [9.17, 15) is 9.90 Å². The quantitative estimate of drug-likeness (QED) is 0.781. The number of amides is 2. The molecule has 1 saturated heterocycles. The van der Waals surface area contributed by atoms with Gasteiger partial charge in [-0.15, -0.1) is 0 Å². The summed E-state index contributed by atoms with van der Waals surface area (Å²) in [6.07, 6.45) is -0.523. The molecule has 140 valence electrons. The van der Waals surface area contributed by atoms with Gasteiger partial charge in [0.2, 0.25) is 0 Å². The topological polar surface area (TPSA) is 59.0 Å². The van der Waals surface area contributed by atoms with Crippen LogP contribution in [0.2, 0.25) is 0 Å². The molecular weight excluding hydrogens is 316 g/mol. The second-order valence-corrected chi connectivity index (χ2v) is 6.87. The summed E-state index contributed by atoms with van der Waals surface area (Å²) < 4.78 is 0. The van der Waals surface area contributed by atoms with Crippen LogP contribution in [-0.4, -0.2) is 78.3 Å². The second-order valence-electron chi connectivity index (χ2n) is 6.87. The number of urea groups is 1. The average molecular weight is 348 g/mol. The number of rotatable bonds is 7. The number of piperazine rings is 1. The van der Waals surface area contributed by atoms with Crippen molar-refractivity contribution in [3.8, 4) is 0 Å². The molecule has 1 aliphatic heterocycles. The van der Waals surface area contributed by atoms with Crippen LogP contribution in [0.3, 0.4) is 0 Å². The molecule has 2 N–H and O–H groups in total. The maximum absolute atomic E-state index is 12.1. The molecule has 6 heteroatoms. The normalized spacial score (nSPS) is 17.3. The first kappa shape index (κ1) is 19.7. The van der Waals surface area contributed by atoms with Crippen molar-refractivity contribution in [1.82, 2.24) is 20.0 Å². The van der Waals surface area contributed by atoms with Gasteiger partial charge in [-0.1, -0.05) is 31.2 Å². The van der Waals surface area contributed by atoms with Crippen molar-refractivity contribution in [2.45, 2.75) is 33.0 Å². The highest BCUT2D eigenvalue weighted by Crippen LogP contribution is 2.13. The van der Waals surface area contributed by atoms with Gasteiger partial charge in [-0.25, -0.2) is 4.79 Å². The maximum atomic E-state index is 12.1. The Bertz CT molecular complexity index is 542. The number of nitrogens with zero attached hydrogens (tertiary/aromatic N) is 3. The van der Waals surface area contributed by atoms with Crippen molar-refractivity contribution >= 4 is 6.03 Å². The van der Waals surface area contributed by atoms with Gasteiger partial charge >= 0.3 is 6.03 Å². The molecule has 1 aromatic carbocycles. The molecule has 25 heavy (non-hydrogen) atoms. The second kappa shape index (κ2) is 9.75. The Morgan fingerprint density at radius 2 is 1.80 bits per heavy atom. The first-order chi connectivity index (χ1) is 12.0. The van der Waals surface area contributed by atoms with Gasteiger partial charge in [-0.2, -0.15) is 0 Å². The summed E-state index contributed by atoms with van der Waals surface area (Å²) in [5.74, 6) is 0. The molecule has 2 rings (SSSR count). The molecule has 2 amide bonds. The molecule has 1 fully saturated rings. The molecule has 1 unspecified atom stereocenters. The summed E-state index contributed by atoms with van der Waals surface area (Å²) in [6.45, 7) is 11.2. The lowest BCUT2D eigenvalue weighted by atomic mass is 10.1. The molecule has 0 spiro atoms. The molecule has 1 atom stereocenters. The Balaban J connectivity index is 1.89. The van der Waals surface area contributed by atoms with Gasteiger partial charge in [0.1, 0.15) is 0 Å². The summed E-state index contributed by atoms with van der Waals surface area (Å²) in [5.41, 5.74) is 2.42. The zero-order valence-corrected chi connectivity index (χ0v) is 15.7. The molecule has 0 saturated carbocycles. The summed E-state index contributed by atoms with van der Waals surface area (Å²) in [6, 6.07) is 8.13. The zero-order chi connectivity index (χ0) is 18.2. The smallest absolute Gasteiger partial charge is 0.317 e. The van der Waals surface area contributed by atoms with E-state index < -0.39 is 6.10 Å². The molecule has 6 nitrogen and oxygen atoms in total. The van der Waals surface area contributed by atoms with Crippen molar-refractivity contribution in [1.29, 1.82) is 0 Å². The fraction of sp³-hybridized carbons (Fsp3) is 0.632. The van der Waals surface area contributed by atoms with Crippen LogP contribution < -0.4 is 5.32 Å². The van der Waals surface area contributed by atoms with Crippen LogP contribution in [0.1, 0.15) is 25.0 Å². The Kier molecular flexibility index (Phi) is 7.68. The Hall–Kier alpha value is -1.63. The van der Waals surface area contributed by atoms with Gasteiger partial charge in [-0.3, -0.25) is 4.90 Å². The van der Waals surface area contributed by atoms with E-state index in [1.807, 2.05) is 6.07 Å². The molecule has 0 bridgehead atoms. The largest absolute Gasteiger partial charge is 0.392 e. The van der Waals surface area contributed by atoms with Crippen molar-refractivity contribution in [3.63, 3.8) is 0 Å². The molecule has 1 aliphatic rings. The summed E-state index contributed by atoms with van der Waals surface area (Å²) in [5, 5.41) is 12.3. The molecule has 1 aromatic rings. The van der Waals surface area contributed by atoms with Gasteiger partial charge in [0.25, 0.3) is 0 Å². The molecule has 0 aliphatic carbocycles. The fourth-order valence-electron chi connectivity index (χ4n) is 3.17. The third-order valence-electron chi connectivity index (χ3n) is 4.74. The number of hydrogen-bond acceptors (Lipinski definition) is 4. The predicted molar refractivity (Wildman–Crippen MR) is 100 cm³/mol. The average Bonchev–Trinajstić information content (AvgIpc) is 2.60. The maximum Gasteiger partial charge on any atom is 0.317 e. The van der Waals surface area contributed by atoms with E-state index in [1.54, 1.807) is 14.0 Å². The van der Waals surface area contributed by atoms with Gasteiger partial charge < -0.3 is 20.2 Å². The van der Waals surface area contributed by atoms with Gasteiger partial charge in [0, 0.05) is 52.9 Å². The highest BCUT2D eigenvalue weighted by Gasteiger charge is 2.17. The lowest BCUT2D eigenvalue weighted by Gasteiger charge is -2.34. The standard InChI is InChI=1S/C19H32N4O2/c1-4-22-9-11-23(12-10-22)15-18-8-6-5-7-17(18)13-20-19(25)21(3)14-16(2)24/h5-8,16,24H,4,9-15H2,1-3H3,(H,20,25). The molecule has 0 radical (unpaired) electrons. The van der Waals surface area contributed by atoms with E-state index in [1.165, 1.54) is 10.5 Å². The monoisotopic (exact) mass is 348 g/mol. The molecule has 0 aromatic heterocycles. The first-order valence-corrected chi connectivity index (χ1v) is 9.18. The highest BCUT2D eigenvalue weighted by atomic mass is 16.3. The summed E-state index contributed by atoms with van der Waals surface area (Å²) >= 11 is 0. The van der Waals surface area contributed by atoms with Crippen molar-refractivity contribution in [3.05, 3.63) is 35.4 Å². The van der Waals surface area contributed by atoms with Crippen molar-refractivity contribution < 1.29 is 9.90 Å². The minimum absolute atomic E-state index is 0.160. The number of hydrogen-bond donors (Lipinski definition) is 2. The zero-order valence-electron chi connectivity index (χ0n) is 15.7. The summed E-state index contributed by atoms with van der Waals surface area (Å²) in [7, 11) is 1.70. The van der Waals surface area contributed by atoms with Crippen LogP contribution in [0, 0.1) is 0 Å². The number of carbonyl (C=O) groups excluding carboxylic acids is 1. The number of nitrogens with one attached hydrogen (secondary N) is 1. The first-order valence-electron chi connectivity index (χ1n) is 9.18. The molecule has 1 heterocycles. The SMILES string of the molecule is CCN1CCN(Cc2ccccc2CNC(=O)N(C)CC(C)O)CC1. The van der Waals surface area contributed by atoms with Crippen LogP contribution in [0.5, 0.6) is 0 Å². The predicted octanol–water partition coefficient (Wildman–Crippen LogP) is 1.35. The number of aliphatic hydroxyl groups is 1. The number of carbonyl (C=O) groups is 1. The van der Waals surface area contributed by atoms with Crippen LogP contribution in [0.4, 0.5) is 4.79 Å². The van der Waals surface area contributed by atoms with Gasteiger partial charge in [0.05, 0.1) is 6.10 Å². The van der Waals surface area contributed by atoms with Gasteiger partial charge in [0.15, 0.2) is 0 Å². The van der Waals surface area contributed by atoms with Crippen molar-refractivity contribution in [2.24, 2.45) is 0 Å². The van der Waals surface area contributed by atoms with Crippen LogP contribution in [-0.2, 0) is 13.1 Å². The number of aliphatic hydroxyl groups excluding tert-OH is 1. The van der Waals surface area contributed by atoms with E-state index >= 15 is 0 Å². The van der Waals surface area contributed by atoms with E-state index in [0.29, 0.717) is 13.1 Å².